The van der Waals surface area contributed by atoms with Crippen LogP contribution in [0.15, 0.2) is 81.1 Å². The number of carboxylic acid groups (broad SMARTS) is 1. The summed E-state index contributed by atoms with van der Waals surface area (Å²) in [6.07, 6.45) is 6.88. The Morgan fingerprint density at radius 3 is 1.90 bits per heavy atom. The van der Waals surface area contributed by atoms with E-state index in [1.807, 2.05) is 0 Å². The molecule has 0 spiro atoms. The first-order valence-corrected chi connectivity index (χ1v) is 24.8. The van der Waals surface area contributed by atoms with Crippen LogP contribution in [0.25, 0.3) is 0 Å². The van der Waals surface area contributed by atoms with Crippen LogP contribution in [-0.4, -0.2) is 111 Å². The normalized spacial score (nSPS) is 19.4. The smallest absolute Gasteiger partial charge is 0.303 e. The number of allylic oxidation sites excluding steroid dienone is 6. The fraction of sp³-hybridized carbons (Fsp3) is 0.412. The van der Waals surface area contributed by atoms with E-state index >= 15 is 0 Å². The molecule has 2 heterocycles. The molecular weight excluding hydrogens is 869 g/mol. The Morgan fingerprint density at radius 2 is 1.34 bits per heavy atom. The number of hydrogen-bond donors (Lipinski definition) is 6. The molecule has 2 aromatic rings. The topological polar surface area (TPSA) is 315 Å². The number of nitrogens with zero attached hydrogens (tertiary/aromatic N) is 2. The van der Waals surface area contributed by atoms with Crippen molar-refractivity contribution in [1.82, 2.24) is 0 Å². The van der Waals surface area contributed by atoms with Gasteiger partial charge in [-0.1, -0.05) is 24.3 Å². The first-order chi connectivity index (χ1) is 26.4. The van der Waals surface area contributed by atoms with Gasteiger partial charge in [0.1, 0.15) is 21.2 Å². The number of aliphatic carboxylic acids is 1. The van der Waals surface area contributed by atoms with E-state index in [9.17, 15) is 74.8 Å². The maximum Gasteiger partial charge on any atom is 0.303 e. The average molecular weight is 912 g/mol. The monoisotopic (exact) mass is 911 g/mol. The number of anilines is 1. The summed E-state index contributed by atoms with van der Waals surface area (Å²) >= 11 is 0. The molecule has 0 bridgehead atoms. The van der Waals surface area contributed by atoms with Gasteiger partial charge in [0.2, 0.25) is 5.69 Å². The average Bonchev–Trinajstić information content (AvgIpc) is 3.41. The number of hydrogen-bond acceptors (Lipinski definition) is 12. The minimum absolute atomic E-state index is 0.0493. The molecule has 1 atom stereocenters. The molecule has 0 aliphatic carbocycles. The molecule has 2 aliphatic rings. The largest absolute Gasteiger partial charge is 0.481 e. The van der Waals surface area contributed by atoms with Crippen molar-refractivity contribution in [3.8, 4) is 0 Å². The standard InChI is InChI=1S/C34H42N2O17S5/c1-33(2)28(36(18-10-20-55(42,43)44)25-21-23(56(45,46)47)22-27(31(25)33)58(51,52)53)13-5-4-6-14-29-34(3,16-8-15-30(37)38)32-24(11-7-12-26(32)57(48,49)50)35(29)17-9-19-54(39,40)41/h4-7,11-14,21-22H,8-10,15-20H2,1-3H3,(H5-,37,38,39,40,41,42,43,44,45,46,47,48,49,50,51,52,53)/p+1. The Hall–Kier alpha value is -3.85. The Labute approximate surface area is 336 Å². The molecule has 320 valence electrons. The van der Waals surface area contributed by atoms with E-state index in [0.717, 1.165) is 6.07 Å². The molecule has 0 saturated carbocycles. The van der Waals surface area contributed by atoms with E-state index in [1.54, 1.807) is 24.0 Å². The maximum atomic E-state index is 12.6. The Kier molecular flexibility index (Phi) is 13.5. The van der Waals surface area contributed by atoms with Crippen molar-refractivity contribution >= 4 is 73.6 Å². The van der Waals surface area contributed by atoms with Crippen molar-refractivity contribution in [2.45, 2.75) is 78.4 Å². The van der Waals surface area contributed by atoms with Gasteiger partial charge in [-0.25, -0.2) is 0 Å². The van der Waals surface area contributed by atoms with Gasteiger partial charge in [-0.05, 0) is 64.3 Å². The van der Waals surface area contributed by atoms with Crippen LogP contribution in [0.3, 0.4) is 0 Å². The highest BCUT2D eigenvalue weighted by Gasteiger charge is 2.49. The van der Waals surface area contributed by atoms with Crippen LogP contribution in [0.4, 0.5) is 11.4 Å². The predicted molar refractivity (Wildman–Crippen MR) is 210 cm³/mol. The molecule has 2 aromatic carbocycles. The van der Waals surface area contributed by atoms with Gasteiger partial charge in [-0.15, -0.1) is 0 Å². The first kappa shape index (κ1) is 46.8. The lowest BCUT2D eigenvalue weighted by Gasteiger charge is -2.30. The molecule has 4 rings (SSSR count). The predicted octanol–water partition coefficient (Wildman–Crippen LogP) is 3.39. The van der Waals surface area contributed by atoms with Crippen LogP contribution in [0.1, 0.15) is 64.0 Å². The molecule has 1 unspecified atom stereocenters. The Balaban J connectivity index is 1.90. The molecule has 6 N–H and O–H groups in total. The summed E-state index contributed by atoms with van der Waals surface area (Å²) in [6.45, 7) is 4.41. The fourth-order valence-electron chi connectivity index (χ4n) is 7.50. The van der Waals surface area contributed by atoms with E-state index in [4.69, 9.17) is 0 Å². The van der Waals surface area contributed by atoms with Gasteiger partial charge in [-0.2, -0.15) is 46.7 Å². The lowest BCUT2D eigenvalue weighted by Crippen LogP contribution is -2.30. The van der Waals surface area contributed by atoms with Gasteiger partial charge < -0.3 is 10.0 Å². The van der Waals surface area contributed by atoms with Crippen molar-refractivity contribution in [1.29, 1.82) is 0 Å². The molecule has 0 aromatic heterocycles. The zero-order valence-corrected chi connectivity index (χ0v) is 35.3. The van der Waals surface area contributed by atoms with Crippen molar-refractivity contribution in [3.05, 3.63) is 77.5 Å². The van der Waals surface area contributed by atoms with Crippen molar-refractivity contribution in [2.75, 3.05) is 29.5 Å². The quantitative estimate of drug-likeness (QED) is 0.0709. The van der Waals surface area contributed by atoms with Crippen LogP contribution in [0.2, 0.25) is 0 Å². The minimum atomic E-state index is -5.12. The number of carbonyl (C=O) groups is 1. The van der Waals surface area contributed by atoms with Gasteiger partial charge >= 0.3 is 5.97 Å². The summed E-state index contributed by atoms with van der Waals surface area (Å²) in [5.41, 5.74) is -1.79. The molecular formula is C34H43N2O17S5+. The molecule has 0 amide bonds. The molecule has 58 heavy (non-hydrogen) atoms. The first-order valence-electron chi connectivity index (χ1n) is 17.2. The third-order valence-corrected chi connectivity index (χ3v) is 14.0. The summed E-state index contributed by atoms with van der Waals surface area (Å²) in [5, 5.41) is 9.37. The second-order valence-corrected chi connectivity index (χ2v) is 21.7. The summed E-state index contributed by atoms with van der Waals surface area (Å²) in [7, 11) is -23.9. The Bertz CT molecular complexity index is 2700. The van der Waals surface area contributed by atoms with Crippen LogP contribution in [0, 0.1) is 0 Å². The highest BCUT2D eigenvalue weighted by atomic mass is 32.2. The SMILES string of the molecule is CC1(C)C(/C=C/C=C/C=C2/N(CCCS(=O)(=O)O)c3cccc(S(=O)(=O)O)c3C2(C)CCCC(=O)O)=[N+](CCCS(=O)(=O)O)c2cc(S(=O)(=O)O)cc(S(=O)(=O)O)c21. The summed E-state index contributed by atoms with van der Waals surface area (Å²) in [6, 6.07) is 5.62. The van der Waals surface area contributed by atoms with Crippen LogP contribution >= 0.6 is 0 Å². The zero-order chi connectivity index (χ0) is 43.9. The molecule has 0 saturated heterocycles. The molecule has 2 aliphatic heterocycles. The van der Waals surface area contributed by atoms with Crippen molar-refractivity contribution in [3.63, 3.8) is 0 Å². The van der Waals surface area contributed by atoms with E-state index < -0.39 is 93.6 Å². The zero-order valence-electron chi connectivity index (χ0n) is 31.2. The number of rotatable bonds is 18. The summed E-state index contributed by atoms with van der Waals surface area (Å²) in [4.78, 5) is 10.9. The van der Waals surface area contributed by atoms with Crippen LogP contribution < -0.4 is 4.90 Å². The number of benzene rings is 2. The van der Waals surface area contributed by atoms with Gasteiger partial charge in [-0.3, -0.25) is 27.6 Å². The fourth-order valence-corrected chi connectivity index (χ4v) is 10.8. The lowest BCUT2D eigenvalue weighted by atomic mass is 9.77. The minimum Gasteiger partial charge on any atom is -0.481 e. The number of carboxylic acids is 1. The molecule has 0 fully saturated rings. The number of fused-ring (bicyclic) bond motifs is 2. The second kappa shape index (κ2) is 16.7. The van der Waals surface area contributed by atoms with Crippen LogP contribution in [0.5, 0.6) is 0 Å². The lowest BCUT2D eigenvalue weighted by molar-refractivity contribution is -0.437. The highest BCUT2D eigenvalue weighted by Crippen LogP contribution is 2.53. The maximum absolute atomic E-state index is 12.6. The molecule has 0 radical (unpaired) electrons. The van der Waals surface area contributed by atoms with Gasteiger partial charge in [0.15, 0.2) is 5.71 Å². The summed E-state index contributed by atoms with van der Waals surface area (Å²) < 4.78 is 171. The highest BCUT2D eigenvalue weighted by molar-refractivity contribution is 7.87. The van der Waals surface area contributed by atoms with E-state index in [0.29, 0.717) is 11.8 Å². The molecule has 24 heteroatoms. The Morgan fingerprint density at radius 1 is 0.741 bits per heavy atom. The van der Waals surface area contributed by atoms with Gasteiger partial charge in [0.05, 0.1) is 22.5 Å². The third kappa shape index (κ3) is 10.7. The van der Waals surface area contributed by atoms with Gasteiger partial charge in [0.25, 0.3) is 50.6 Å². The van der Waals surface area contributed by atoms with E-state index in [-0.39, 0.29) is 73.4 Å². The molecule has 19 nitrogen and oxygen atoms in total. The summed E-state index contributed by atoms with van der Waals surface area (Å²) in [5.74, 6) is -2.51. The van der Waals surface area contributed by atoms with E-state index in [1.165, 1.54) is 54.9 Å². The second-order valence-electron chi connectivity index (χ2n) is 14.4. The van der Waals surface area contributed by atoms with E-state index in [2.05, 4.69) is 0 Å². The van der Waals surface area contributed by atoms with Crippen molar-refractivity contribution in [2.24, 2.45) is 0 Å². The van der Waals surface area contributed by atoms with Gasteiger partial charge in [0, 0.05) is 53.9 Å². The third-order valence-electron chi connectivity index (χ3n) is 9.82. The van der Waals surface area contributed by atoms with Crippen molar-refractivity contribution < 1.29 is 79.3 Å². The van der Waals surface area contributed by atoms with Crippen LogP contribution in [-0.2, 0) is 66.2 Å².